The zero-order chi connectivity index (χ0) is 18.3. The largest absolute Gasteiger partial charge is 0.338 e. The molecule has 1 aliphatic rings. The van der Waals surface area contributed by atoms with E-state index in [0.29, 0.717) is 24.6 Å². The lowest BCUT2D eigenvalue weighted by Crippen LogP contribution is -2.43. The van der Waals surface area contributed by atoms with Gasteiger partial charge in [0.1, 0.15) is 23.3 Å². The number of alkyl halides is 1. The second kappa shape index (κ2) is 6.75. The van der Waals surface area contributed by atoms with Crippen molar-refractivity contribution in [3.63, 3.8) is 0 Å². The summed E-state index contributed by atoms with van der Waals surface area (Å²) in [4.78, 5) is 18.3. The third-order valence-corrected chi connectivity index (χ3v) is 5.05. The number of hydrogen-bond acceptors (Lipinski definition) is 5. The number of anilines is 1. The monoisotopic (exact) mass is 378 g/mol. The molecule has 136 valence electrons. The van der Waals surface area contributed by atoms with Crippen LogP contribution in [0.3, 0.4) is 0 Å². The zero-order valence-corrected chi connectivity index (χ0v) is 14.9. The molecule has 0 spiro atoms. The fourth-order valence-electron chi connectivity index (χ4n) is 3.34. The molecule has 0 aliphatic carbocycles. The Morgan fingerprint density at radius 3 is 2.69 bits per heavy atom. The molecular weight excluding hydrogens is 362 g/mol. The molecule has 1 fully saturated rings. The van der Waals surface area contributed by atoms with Crippen molar-refractivity contribution in [2.24, 2.45) is 0 Å². The standard InChI is InChI=1S/C17H17ClF2N6/c1-2-10-5-21-17(22-6-10)25-4-3-13(11(19)7-25)26-8-12(20)14-15(18)23-9-24-16(14)26/h5-6,8-9,11,13H,2-4,7H2,1H3/t11-,13-/m1/s1. The Morgan fingerprint density at radius 1 is 1.23 bits per heavy atom. The number of rotatable bonds is 3. The van der Waals surface area contributed by atoms with Crippen LogP contribution in [0.5, 0.6) is 0 Å². The first-order valence-corrected chi connectivity index (χ1v) is 8.82. The normalized spacial score (nSPS) is 20.7. The molecule has 1 aliphatic heterocycles. The number of halogens is 3. The fourth-order valence-corrected chi connectivity index (χ4v) is 3.56. The van der Waals surface area contributed by atoms with E-state index in [4.69, 9.17) is 11.6 Å². The van der Waals surface area contributed by atoms with E-state index in [1.807, 2.05) is 11.8 Å². The van der Waals surface area contributed by atoms with Gasteiger partial charge in [-0.3, -0.25) is 0 Å². The van der Waals surface area contributed by atoms with Crippen molar-refractivity contribution >= 4 is 28.6 Å². The summed E-state index contributed by atoms with van der Waals surface area (Å²) in [5.41, 5.74) is 1.35. The third kappa shape index (κ3) is 2.88. The van der Waals surface area contributed by atoms with Crippen LogP contribution in [0.4, 0.5) is 14.7 Å². The van der Waals surface area contributed by atoms with Crippen LogP contribution in [-0.4, -0.2) is 43.8 Å². The Morgan fingerprint density at radius 2 is 2.00 bits per heavy atom. The van der Waals surface area contributed by atoms with E-state index in [-0.39, 0.29) is 17.1 Å². The summed E-state index contributed by atoms with van der Waals surface area (Å²) in [5, 5.41) is 0.158. The second-order valence-corrected chi connectivity index (χ2v) is 6.67. The third-order valence-electron chi connectivity index (χ3n) is 4.76. The fraction of sp³-hybridized carbons (Fsp3) is 0.412. The van der Waals surface area contributed by atoms with Gasteiger partial charge in [0.2, 0.25) is 5.95 Å². The van der Waals surface area contributed by atoms with Crippen LogP contribution in [0.2, 0.25) is 5.15 Å². The minimum absolute atomic E-state index is 0.0310. The molecule has 2 atom stereocenters. The highest BCUT2D eigenvalue weighted by Gasteiger charge is 2.33. The van der Waals surface area contributed by atoms with Crippen molar-refractivity contribution in [1.82, 2.24) is 24.5 Å². The quantitative estimate of drug-likeness (QED) is 0.654. The van der Waals surface area contributed by atoms with Gasteiger partial charge in [0.15, 0.2) is 5.82 Å². The summed E-state index contributed by atoms with van der Waals surface area (Å²) in [5.74, 6) is -0.0315. The number of hydrogen-bond donors (Lipinski definition) is 0. The minimum Gasteiger partial charge on any atom is -0.338 e. The average Bonchev–Trinajstić information content (AvgIpc) is 2.99. The van der Waals surface area contributed by atoms with Gasteiger partial charge in [-0.05, 0) is 18.4 Å². The molecule has 4 rings (SSSR count). The van der Waals surface area contributed by atoms with Crippen molar-refractivity contribution in [3.05, 3.63) is 41.5 Å². The molecule has 4 heterocycles. The van der Waals surface area contributed by atoms with Crippen LogP contribution in [0.15, 0.2) is 24.9 Å². The van der Waals surface area contributed by atoms with Crippen LogP contribution in [-0.2, 0) is 6.42 Å². The number of piperidine rings is 1. The van der Waals surface area contributed by atoms with E-state index in [1.165, 1.54) is 17.1 Å². The predicted octanol–water partition coefficient (Wildman–Crippen LogP) is 3.37. The molecular formula is C17H17ClF2N6. The van der Waals surface area contributed by atoms with Gasteiger partial charge in [-0.25, -0.2) is 28.7 Å². The van der Waals surface area contributed by atoms with E-state index in [2.05, 4.69) is 19.9 Å². The summed E-state index contributed by atoms with van der Waals surface area (Å²) in [6.07, 6.45) is 6.14. The van der Waals surface area contributed by atoms with E-state index in [1.54, 1.807) is 12.4 Å². The first-order chi connectivity index (χ1) is 12.6. The highest BCUT2D eigenvalue weighted by atomic mass is 35.5. The summed E-state index contributed by atoms with van der Waals surface area (Å²) >= 11 is 5.96. The highest BCUT2D eigenvalue weighted by molar-refractivity contribution is 6.34. The van der Waals surface area contributed by atoms with Gasteiger partial charge in [-0.15, -0.1) is 0 Å². The maximum atomic E-state index is 14.9. The molecule has 0 amide bonds. The summed E-state index contributed by atoms with van der Waals surface area (Å²) in [6.45, 7) is 2.73. The van der Waals surface area contributed by atoms with Crippen LogP contribution < -0.4 is 4.90 Å². The van der Waals surface area contributed by atoms with Crippen molar-refractivity contribution < 1.29 is 8.78 Å². The van der Waals surface area contributed by atoms with Gasteiger partial charge in [0.25, 0.3) is 0 Å². The van der Waals surface area contributed by atoms with Gasteiger partial charge in [-0.2, -0.15) is 0 Å². The van der Waals surface area contributed by atoms with Crippen LogP contribution >= 0.6 is 11.6 Å². The minimum atomic E-state index is -1.22. The van der Waals surface area contributed by atoms with Crippen molar-refractivity contribution in [3.8, 4) is 0 Å². The lowest BCUT2D eigenvalue weighted by Gasteiger charge is -2.35. The Kier molecular flexibility index (Phi) is 4.44. The SMILES string of the molecule is CCc1cnc(N2CC[C@@H](n3cc(F)c4c(Cl)ncnc43)[C@H](F)C2)nc1. The maximum absolute atomic E-state index is 14.9. The Hall–Kier alpha value is -2.35. The van der Waals surface area contributed by atoms with Gasteiger partial charge in [0, 0.05) is 25.1 Å². The van der Waals surface area contributed by atoms with Gasteiger partial charge in [0.05, 0.1) is 18.0 Å². The van der Waals surface area contributed by atoms with E-state index in [0.717, 1.165) is 12.0 Å². The van der Waals surface area contributed by atoms with Gasteiger partial charge < -0.3 is 9.47 Å². The Balaban J connectivity index is 1.59. The lowest BCUT2D eigenvalue weighted by atomic mass is 10.0. The first-order valence-electron chi connectivity index (χ1n) is 8.45. The topological polar surface area (TPSA) is 59.7 Å². The molecule has 0 unspecified atom stereocenters. The zero-order valence-electron chi connectivity index (χ0n) is 14.1. The number of fused-ring (bicyclic) bond motifs is 1. The Labute approximate surface area is 153 Å². The molecule has 3 aromatic heterocycles. The van der Waals surface area contributed by atoms with Crippen LogP contribution in [0.25, 0.3) is 11.0 Å². The van der Waals surface area contributed by atoms with E-state index < -0.39 is 18.0 Å². The molecule has 26 heavy (non-hydrogen) atoms. The summed E-state index contributed by atoms with van der Waals surface area (Å²) in [6, 6.07) is -0.529. The summed E-state index contributed by atoms with van der Waals surface area (Å²) in [7, 11) is 0. The van der Waals surface area contributed by atoms with Crippen molar-refractivity contribution in [2.75, 3.05) is 18.0 Å². The molecule has 0 radical (unpaired) electrons. The smallest absolute Gasteiger partial charge is 0.225 e. The molecule has 0 aromatic carbocycles. The van der Waals surface area contributed by atoms with Gasteiger partial charge >= 0.3 is 0 Å². The number of aryl methyl sites for hydroxylation is 1. The molecule has 0 N–H and O–H groups in total. The van der Waals surface area contributed by atoms with Gasteiger partial charge in [-0.1, -0.05) is 18.5 Å². The molecule has 6 nitrogen and oxygen atoms in total. The molecule has 9 heteroatoms. The molecule has 0 saturated carbocycles. The van der Waals surface area contributed by atoms with Crippen LogP contribution in [0.1, 0.15) is 24.9 Å². The van der Waals surface area contributed by atoms with E-state index >= 15 is 0 Å². The summed E-state index contributed by atoms with van der Waals surface area (Å²) < 4.78 is 30.7. The van der Waals surface area contributed by atoms with Crippen LogP contribution in [0, 0.1) is 5.82 Å². The average molecular weight is 379 g/mol. The van der Waals surface area contributed by atoms with Crippen molar-refractivity contribution in [2.45, 2.75) is 32.0 Å². The molecule has 1 saturated heterocycles. The van der Waals surface area contributed by atoms with E-state index in [9.17, 15) is 8.78 Å². The predicted molar refractivity (Wildman–Crippen MR) is 94.7 cm³/mol. The molecule has 3 aromatic rings. The molecule has 0 bridgehead atoms. The highest BCUT2D eigenvalue weighted by Crippen LogP contribution is 2.33. The second-order valence-electron chi connectivity index (χ2n) is 6.31. The number of aromatic nitrogens is 5. The van der Waals surface area contributed by atoms with Crippen molar-refractivity contribution in [1.29, 1.82) is 0 Å². The Bertz CT molecular complexity index is 929. The number of nitrogens with zero attached hydrogens (tertiary/aromatic N) is 6. The first kappa shape index (κ1) is 17.1. The lowest BCUT2D eigenvalue weighted by molar-refractivity contribution is 0.201. The maximum Gasteiger partial charge on any atom is 0.225 e.